The van der Waals surface area contributed by atoms with Gasteiger partial charge in [-0.05, 0) is 26.7 Å². The van der Waals surface area contributed by atoms with E-state index in [1.54, 1.807) is 13.0 Å². The van der Waals surface area contributed by atoms with Crippen molar-refractivity contribution in [2.75, 3.05) is 13.2 Å². The van der Waals surface area contributed by atoms with Gasteiger partial charge in [0.1, 0.15) is 0 Å². The zero-order valence-electron chi connectivity index (χ0n) is 13.3. The van der Waals surface area contributed by atoms with Gasteiger partial charge in [-0.15, -0.1) is 0 Å². The summed E-state index contributed by atoms with van der Waals surface area (Å²) in [4.78, 5) is 11.4. The number of aliphatic hydroxyl groups excluding tert-OH is 1. The number of unbranched alkanes of at least 4 members (excludes halogenated alkanes) is 9. The summed E-state index contributed by atoms with van der Waals surface area (Å²) in [7, 11) is 0. The lowest BCUT2D eigenvalue weighted by Crippen LogP contribution is -2.06. The largest absolute Gasteiger partial charge is 0.462 e. The number of allylic oxidation sites excluding steroid dienone is 1. The highest BCUT2D eigenvalue weighted by molar-refractivity contribution is 5.87. The molecule has 3 nitrogen and oxygen atoms in total. The molecule has 0 rings (SSSR count). The second-order valence-electron chi connectivity index (χ2n) is 5.37. The Bertz CT molecular complexity index is 259. The molecule has 0 saturated heterocycles. The van der Waals surface area contributed by atoms with Gasteiger partial charge < -0.3 is 9.84 Å². The fourth-order valence-corrected chi connectivity index (χ4v) is 2.02. The Kier molecular flexibility index (Phi) is 14.0. The summed E-state index contributed by atoms with van der Waals surface area (Å²) in [5.74, 6) is -0.185. The number of rotatable bonds is 13. The Morgan fingerprint density at radius 2 is 1.35 bits per heavy atom. The van der Waals surface area contributed by atoms with Crippen molar-refractivity contribution in [1.29, 1.82) is 0 Å². The topological polar surface area (TPSA) is 46.5 Å². The molecule has 0 heterocycles. The van der Waals surface area contributed by atoms with Crippen molar-refractivity contribution in [2.45, 2.75) is 78.1 Å². The molecule has 0 unspecified atom stereocenters. The number of aliphatic hydroxyl groups is 1. The van der Waals surface area contributed by atoms with E-state index < -0.39 is 0 Å². The van der Waals surface area contributed by atoms with Crippen LogP contribution in [0.5, 0.6) is 0 Å². The van der Waals surface area contributed by atoms with Gasteiger partial charge in [-0.3, -0.25) is 0 Å². The Morgan fingerprint density at radius 1 is 0.900 bits per heavy atom. The Hall–Kier alpha value is -0.830. The first-order chi connectivity index (χ1) is 9.72. The lowest BCUT2D eigenvalue weighted by Gasteiger charge is -2.05. The fraction of sp³-hybridized carbons (Fsp3) is 0.824. The molecule has 0 aliphatic rings. The van der Waals surface area contributed by atoms with Gasteiger partial charge in [0.05, 0.1) is 6.61 Å². The zero-order chi connectivity index (χ0) is 15.1. The van der Waals surface area contributed by atoms with Crippen LogP contribution in [0.2, 0.25) is 0 Å². The standard InChI is InChI=1S/C17H32O3/c1-3-16(2)17(19)20-15-13-11-9-7-5-4-6-8-10-12-14-18/h3,18H,4-15H2,1-2H3. The van der Waals surface area contributed by atoms with E-state index in [4.69, 9.17) is 9.84 Å². The predicted octanol–water partition coefficient (Wildman–Crippen LogP) is 4.39. The first-order valence-corrected chi connectivity index (χ1v) is 8.13. The predicted molar refractivity (Wildman–Crippen MR) is 83.6 cm³/mol. The molecule has 0 aromatic rings. The number of hydrogen-bond acceptors (Lipinski definition) is 3. The minimum absolute atomic E-state index is 0.185. The second-order valence-corrected chi connectivity index (χ2v) is 5.37. The molecule has 0 aliphatic heterocycles. The van der Waals surface area contributed by atoms with E-state index in [1.165, 1.54) is 38.5 Å². The molecule has 0 aromatic heterocycles. The van der Waals surface area contributed by atoms with Gasteiger partial charge in [0, 0.05) is 12.2 Å². The van der Waals surface area contributed by atoms with Crippen molar-refractivity contribution < 1.29 is 14.6 Å². The van der Waals surface area contributed by atoms with Crippen LogP contribution in [0.3, 0.4) is 0 Å². The average molecular weight is 284 g/mol. The van der Waals surface area contributed by atoms with Crippen LogP contribution in [0.15, 0.2) is 11.6 Å². The van der Waals surface area contributed by atoms with Gasteiger partial charge in [-0.2, -0.15) is 0 Å². The zero-order valence-corrected chi connectivity index (χ0v) is 13.3. The van der Waals surface area contributed by atoms with Gasteiger partial charge in [-0.25, -0.2) is 4.79 Å². The van der Waals surface area contributed by atoms with Crippen molar-refractivity contribution in [1.82, 2.24) is 0 Å². The van der Waals surface area contributed by atoms with Crippen LogP contribution >= 0.6 is 0 Å². The molecule has 0 fully saturated rings. The van der Waals surface area contributed by atoms with E-state index in [-0.39, 0.29) is 5.97 Å². The molecule has 0 aromatic carbocycles. The average Bonchev–Trinajstić information content (AvgIpc) is 2.47. The van der Waals surface area contributed by atoms with E-state index in [0.29, 0.717) is 18.8 Å². The lowest BCUT2D eigenvalue weighted by atomic mass is 10.1. The SMILES string of the molecule is CC=C(C)C(=O)OCCCCCCCCCCCCO. The maximum Gasteiger partial charge on any atom is 0.333 e. The number of ether oxygens (including phenoxy) is 1. The molecule has 0 bridgehead atoms. The molecule has 0 atom stereocenters. The minimum atomic E-state index is -0.185. The summed E-state index contributed by atoms with van der Waals surface area (Å²) in [6, 6.07) is 0. The minimum Gasteiger partial charge on any atom is -0.462 e. The Balaban J connectivity index is 3.15. The number of hydrogen-bond donors (Lipinski definition) is 1. The molecule has 0 amide bonds. The van der Waals surface area contributed by atoms with Crippen LogP contribution in [0.1, 0.15) is 78.1 Å². The highest BCUT2D eigenvalue weighted by atomic mass is 16.5. The molecular formula is C17H32O3. The molecular weight excluding hydrogens is 252 g/mol. The summed E-state index contributed by atoms with van der Waals surface area (Å²) in [6.45, 7) is 4.51. The van der Waals surface area contributed by atoms with Crippen LogP contribution in [0, 0.1) is 0 Å². The molecule has 0 aliphatic carbocycles. The molecule has 20 heavy (non-hydrogen) atoms. The van der Waals surface area contributed by atoms with Gasteiger partial charge in [0.25, 0.3) is 0 Å². The number of carbonyl (C=O) groups excluding carboxylic acids is 1. The quantitative estimate of drug-likeness (QED) is 0.310. The van der Waals surface area contributed by atoms with Crippen LogP contribution < -0.4 is 0 Å². The first kappa shape index (κ1) is 19.2. The molecule has 0 saturated carbocycles. The first-order valence-electron chi connectivity index (χ1n) is 8.13. The van der Waals surface area contributed by atoms with Gasteiger partial charge in [0.2, 0.25) is 0 Å². The van der Waals surface area contributed by atoms with Crippen molar-refractivity contribution >= 4 is 5.97 Å². The summed E-state index contributed by atoms with van der Waals surface area (Å²) >= 11 is 0. The molecule has 3 heteroatoms. The van der Waals surface area contributed by atoms with Crippen LogP contribution in [0.4, 0.5) is 0 Å². The molecule has 118 valence electrons. The monoisotopic (exact) mass is 284 g/mol. The van der Waals surface area contributed by atoms with E-state index in [9.17, 15) is 4.79 Å². The Morgan fingerprint density at radius 3 is 1.80 bits per heavy atom. The van der Waals surface area contributed by atoms with E-state index in [0.717, 1.165) is 25.7 Å². The lowest BCUT2D eigenvalue weighted by molar-refractivity contribution is -0.139. The van der Waals surface area contributed by atoms with Crippen LogP contribution in [-0.4, -0.2) is 24.3 Å². The van der Waals surface area contributed by atoms with Crippen molar-refractivity contribution in [3.8, 4) is 0 Å². The van der Waals surface area contributed by atoms with E-state index in [2.05, 4.69) is 0 Å². The van der Waals surface area contributed by atoms with Gasteiger partial charge >= 0.3 is 5.97 Å². The van der Waals surface area contributed by atoms with Crippen molar-refractivity contribution in [2.24, 2.45) is 0 Å². The van der Waals surface area contributed by atoms with E-state index >= 15 is 0 Å². The number of esters is 1. The normalized spacial score (nSPS) is 11.7. The third-order valence-corrected chi connectivity index (χ3v) is 3.54. The van der Waals surface area contributed by atoms with Crippen molar-refractivity contribution in [3.63, 3.8) is 0 Å². The summed E-state index contributed by atoms with van der Waals surface area (Å²) < 4.78 is 5.15. The highest BCUT2D eigenvalue weighted by Gasteiger charge is 2.03. The Labute approximate surface area is 124 Å². The number of carbonyl (C=O) groups is 1. The van der Waals surface area contributed by atoms with Gasteiger partial charge in [-0.1, -0.05) is 57.4 Å². The van der Waals surface area contributed by atoms with Crippen LogP contribution in [-0.2, 0) is 9.53 Å². The summed E-state index contributed by atoms with van der Waals surface area (Å²) in [5, 5.41) is 8.65. The van der Waals surface area contributed by atoms with E-state index in [1.807, 2.05) is 6.92 Å². The fourth-order valence-electron chi connectivity index (χ4n) is 2.02. The maximum atomic E-state index is 11.4. The van der Waals surface area contributed by atoms with Crippen molar-refractivity contribution in [3.05, 3.63) is 11.6 Å². The maximum absolute atomic E-state index is 11.4. The second kappa shape index (κ2) is 14.6. The van der Waals surface area contributed by atoms with Gasteiger partial charge in [0.15, 0.2) is 0 Å². The summed E-state index contributed by atoms with van der Waals surface area (Å²) in [6.07, 6.45) is 13.7. The third kappa shape index (κ3) is 12.2. The smallest absolute Gasteiger partial charge is 0.333 e. The molecule has 1 N–H and O–H groups in total. The summed E-state index contributed by atoms with van der Waals surface area (Å²) in [5.41, 5.74) is 0.686. The molecule has 0 spiro atoms. The highest BCUT2D eigenvalue weighted by Crippen LogP contribution is 2.10. The van der Waals surface area contributed by atoms with Crippen LogP contribution in [0.25, 0.3) is 0 Å². The molecule has 0 radical (unpaired) electrons. The third-order valence-electron chi connectivity index (χ3n) is 3.54.